The Morgan fingerprint density at radius 2 is 2.04 bits per heavy atom. The van der Waals surface area contributed by atoms with Crippen LogP contribution in [-0.2, 0) is 4.79 Å². The number of piperidine rings is 1. The zero-order valence-corrected chi connectivity index (χ0v) is 15.2. The fraction of sp³-hybridized carbons (Fsp3) is 0.444. The number of thiazole rings is 1. The van der Waals surface area contributed by atoms with Gasteiger partial charge in [-0.1, -0.05) is 30.3 Å². The Hall–Kier alpha value is -1.43. The molecule has 2 heterocycles. The first-order valence-electron chi connectivity index (χ1n) is 8.27. The van der Waals surface area contributed by atoms with Gasteiger partial charge in [-0.15, -0.1) is 23.7 Å². The van der Waals surface area contributed by atoms with Crippen molar-refractivity contribution in [1.82, 2.24) is 15.6 Å². The third-order valence-corrected chi connectivity index (χ3v) is 5.22. The lowest BCUT2D eigenvalue weighted by Crippen LogP contribution is -2.31. The molecule has 0 aliphatic carbocycles. The summed E-state index contributed by atoms with van der Waals surface area (Å²) < 4.78 is 0. The number of nitrogens with one attached hydrogen (secondary N) is 2. The summed E-state index contributed by atoms with van der Waals surface area (Å²) in [7, 11) is 0. The molecule has 0 saturated carbocycles. The molecule has 1 amide bonds. The van der Waals surface area contributed by atoms with Crippen molar-refractivity contribution in [2.45, 2.75) is 31.7 Å². The maximum atomic E-state index is 12.4. The second-order valence-electron chi connectivity index (χ2n) is 6.01. The molecule has 1 unspecified atom stereocenters. The van der Waals surface area contributed by atoms with Crippen LogP contribution in [0.25, 0.3) is 0 Å². The van der Waals surface area contributed by atoms with Gasteiger partial charge in [-0.25, -0.2) is 4.98 Å². The summed E-state index contributed by atoms with van der Waals surface area (Å²) in [5.41, 5.74) is 1.08. The average Bonchev–Trinajstić information content (AvgIpc) is 3.14. The number of rotatable bonds is 6. The van der Waals surface area contributed by atoms with Crippen molar-refractivity contribution < 1.29 is 4.79 Å². The van der Waals surface area contributed by atoms with E-state index in [0.717, 1.165) is 30.1 Å². The van der Waals surface area contributed by atoms with Crippen molar-refractivity contribution in [1.29, 1.82) is 0 Å². The molecular weight excluding hydrogens is 342 g/mol. The van der Waals surface area contributed by atoms with Crippen molar-refractivity contribution in [2.75, 3.05) is 13.1 Å². The molecule has 0 spiro atoms. The minimum absolute atomic E-state index is 0. The Morgan fingerprint density at radius 1 is 1.29 bits per heavy atom. The summed E-state index contributed by atoms with van der Waals surface area (Å²) in [5.74, 6) is 0.796. The standard InChI is InChI=1S/C18H23N3OS.ClH/c22-16(7-6-14-8-10-19-11-9-14)21-17(18-20-12-13-23-18)15-4-2-1-3-5-15;/h1-5,12-14,17,19H,6-11H2,(H,21,22);1H. The van der Waals surface area contributed by atoms with E-state index in [1.165, 1.54) is 12.8 Å². The van der Waals surface area contributed by atoms with Gasteiger partial charge in [-0.05, 0) is 43.8 Å². The van der Waals surface area contributed by atoms with E-state index in [1.807, 2.05) is 35.7 Å². The average molecular weight is 366 g/mol. The Kier molecular flexibility index (Phi) is 7.69. The van der Waals surface area contributed by atoms with Crippen LogP contribution in [0.1, 0.15) is 42.3 Å². The van der Waals surface area contributed by atoms with E-state index in [0.29, 0.717) is 12.3 Å². The van der Waals surface area contributed by atoms with Crippen LogP contribution in [0, 0.1) is 5.92 Å². The monoisotopic (exact) mass is 365 g/mol. The van der Waals surface area contributed by atoms with Gasteiger partial charge in [0.05, 0.1) is 0 Å². The normalized spacial score (nSPS) is 16.2. The molecule has 0 radical (unpaired) electrons. The lowest BCUT2D eigenvalue weighted by atomic mass is 9.93. The van der Waals surface area contributed by atoms with Gasteiger partial charge in [0, 0.05) is 18.0 Å². The highest BCUT2D eigenvalue weighted by atomic mass is 35.5. The quantitative estimate of drug-likeness (QED) is 0.823. The van der Waals surface area contributed by atoms with Crippen molar-refractivity contribution in [3.05, 3.63) is 52.5 Å². The van der Waals surface area contributed by atoms with Crippen LogP contribution >= 0.6 is 23.7 Å². The third kappa shape index (κ3) is 5.30. The molecule has 1 aromatic heterocycles. The van der Waals surface area contributed by atoms with Gasteiger partial charge in [-0.2, -0.15) is 0 Å². The molecule has 1 atom stereocenters. The fourth-order valence-electron chi connectivity index (χ4n) is 3.05. The third-order valence-electron chi connectivity index (χ3n) is 4.37. The molecule has 3 rings (SSSR count). The predicted molar refractivity (Wildman–Crippen MR) is 101 cm³/mol. The zero-order valence-electron chi connectivity index (χ0n) is 13.6. The minimum Gasteiger partial charge on any atom is -0.343 e. The Bertz CT molecular complexity index is 600. The van der Waals surface area contributed by atoms with Gasteiger partial charge in [0.2, 0.25) is 5.91 Å². The summed E-state index contributed by atoms with van der Waals surface area (Å²) in [6.45, 7) is 2.16. The second-order valence-corrected chi connectivity index (χ2v) is 6.94. The van der Waals surface area contributed by atoms with Crippen LogP contribution in [0.15, 0.2) is 41.9 Å². The van der Waals surface area contributed by atoms with E-state index in [-0.39, 0.29) is 24.4 Å². The number of nitrogens with zero attached hydrogens (tertiary/aromatic N) is 1. The summed E-state index contributed by atoms with van der Waals surface area (Å²) in [6, 6.07) is 9.92. The molecular formula is C18H24ClN3OS. The van der Waals surface area contributed by atoms with Crippen molar-refractivity contribution in [3.63, 3.8) is 0 Å². The number of hydrogen-bond acceptors (Lipinski definition) is 4. The highest BCUT2D eigenvalue weighted by Gasteiger charge is 2.20. The maximum Gasteiger partial charge on any atom is 0.220 e. The molecule has 4 nitrogen and oxygen atoms in total. The maximum absolute atomic E-state index is 12.4. The topological polar surface area (TPSA) is 54.0 Å². The summed E-state index contributed by atoms with van der Waals surface area (Å²) in [6.07, 6.45) is 5.73. The number of carbonyl (C=O) groups excluding carboxylic acids is 1. The van der Waals surface area contributed by atoms with Gasteiger partial charge in [0.25, 0.3) is 0 Å². The SMILES string of the molecule is Cl.O=C(CCC1CCNCC1)NC(c1ccccc1)c1nccs1. The van der Waals surface area contributed by atoms with Gasteiger partial charge in [0.15, 0.2) is 0 Å². The Balaban J connectivity index is 0.00000208. The molecule has 1 saturated heterocycles. The van der Waals surface area contributed by atoms with Crippen molar-refractivity contribution >= 4 is 29.7 Å². The molecule has 1 aliphatic rings. The summed E-state index contributed by atoms with van der Waals surface area (Å²) in [5, 5.41) is 9.42. The van der Waals surface area contributed by atoms with Crippen LogP contribution < -0.4 is 10.6 Å². The number of aromatic nitrogens is 1. The summed E-state index contributed by atoms with van der Waals surface area (Å²) >= 11 is 1.58. The number of carbonyl (C=O) groups is 1. The number of benzene rings is 1. The van der Waals surface area contributed by atoms with Gasteiger partial charge < -0.3 is 10.6 Å². The number of amides is 1. The first kappa shape index (κ1) is 18.9. The Morgan fingerprint density at radius 3 is 2.71 bits per heavy atom. The molecule has 6 heteroatoms. The first-order valence-corrected chi connectivity index (χ1v) is 9.15. The van der Waals surface area contributed by atoms with Gasteiger partial charge in [-0.3, -0.25) is 4.79 Å². The predicted octanol–water partition coefficient (Wildman–Crippen LogP) is 3.55. The molecule has 1 aromatic carbocycles. The fourth-order valence-corrected chi connectivity index (χ4v) is 3.76. The lowest BCUT2D eigenvalue weighted by Gasteiger charge is -2.23. The van der Waals surface area contributed by atoms with Crippen LogP contribution in [0.3, 0.4) is 0 Å². The highest BCUT2D eigenvalue weighted by molar-refractivity contribution is 7.09. The lowest BCUT2D eigenvalue weighted by molar-refractivity contribution is -0.121. The summed E-state index contributed by atoms with van der Waals surface area (Å²) in [4.78, 5) is 16.8. The molecule has 24 heavy (non-hydrogen) atoms. The van der Waals surface area contributed by atoms with Crippen molar-refractivity contribution in [2.24, 2.45) is 5.92 Å². The largest absolute Gasteiger partial charge is 0.343 e. The van der Waals surface area contributed by atoms with E-state index in [2.05, 4.69) is 15.6 Å². The van der Waals surface area contributed by atoms with E-state index in [1.54, 1.807) is 17.5 Å². The minimum atomic E-state index is -0.142. The van der Waals surface area contributed by atoms with Gasteiger partial charge >= 0.3 is 0 Å². The Labute approximate surface area is 153 Å². The molecule has 2 N–H and O–H groups in total. The van der Waals surface area contributed by atoms with Crippen molar-refractivity contribution in [3.8, 4) is 0 Å². The van der Waals surface area contributed by atoms with Crippen LogP contribution in [0.2, 0.25) is 0 Å². The van der Waals surface area contributed by atoms with E-state index < -0.39 is 0 Å². The molecule has 1 fully saturated rings. The smallest absolute Gasteiger partial charge is 0.220 e. The molecule has 0 bridgehead atoms. The highest BCUT2D eigenvalue weighted by Crippen LogP contribution is 2.24. The van der Waals surface area contributed by atoms with E-state index in [9.17, 15) is 4.79 Å². The number of hydrogen-bond donors (Lipinski definition) is 2. The second kappa shape index (κ2) is 9.77. The van der Waals surface area contributed by atoms with E-state index >= 15 is 0 Å². The molecule has 1 aliphatic heterocycles. The van der Waals surface area contributed by atoms with Crippen LogP contribution in [0.5, 0.6) is 0 Å². The van der Waals surface area contributed by atoms with Crippen LogP contribution in [0.4, 0.5) is 0 Å². The van der Waals surface area contributed by atoms with Gasteiger partial charge in [0.1, 0.15) is 11.0 Å². The molecule has 2 aromatic rings. The number of halogens is 1. The van der Waals surface area contributed by atoms with E-state index in [4.69, 9.17) is 0 Å². The molecule has 130 valence electrons. The zero-order chi connectivity index (χ0) is 15.9. The first-order chi connectivity index (χ1) is 11.3. The van der Waals surface area contributed by atoms with Crippen LogP contribution in [-0.4, -0.2) is 24.0 Å².